The minimum absolute atomic E-state index is 0.196. The molecule has 1 fully saturated rings. The fraction of sp³-hybridized carbons (Fsp3) is 0.312. The molecule has 21 heavy (non-hydrogen) atoms. The maximum absolute atomic E-state index is 13.1. The molecule has 1 aromatic heterocycles. The summed E-state index contributed by atoms with van der Waals surface area (Å²) in [5, 5.41) is 10.5. The smallest absolute Gasteiger partial charge is 0.384 e. The largest absolute Gasteiger partial charge is 0.416 e. The SMILES string of the molecule is OC(c1ccccc1C1CC1)c1cnccc1C(F)(F)F. The molecule has 0 aliphatic heterocycles. The van der Waals surface area contributed by atoms with Gasteiger partial charge in [-0.15, -0.1) is 0 Å². The first-order valence-corrected chi connectivity index (χ1v) is 6.76. The second-order valence-corrected chi connectivity index (χ2v) is 5.27. The molecule has 110 valence electrons. The molecule has 0 radical (unpaired) electrons. The van der Waals surface area contributed by atoms with E-state index in [1.54, 1.807) is 12.1 Å². The third-order valence-electron chi connectivity index (χ3n) is 3.76. The summed E-state index contributed by atoms with van der Waals surface area (Å²) in [7, 11) is 0. The topological polar surface area (TPSA) is 33.1 Å². The van der Waals surface area contributed by atoms with Gasteiger partial charge in [-0.05, 0) is 36.0 Å². The van der Waals surface area contributed by atoms with Crippen LogP contribution in [0.1, 0.15) is 47.1 Å². The number of benzene rings is 1. The Morgan fingerprint density at radius 1 is 1.10 bits per heavy atom. The Balaban J connectivity index is 2.06. The van der Waals surface area contributed by atoms with Gasteiger partial charge in [-0.2, -0.15) is 13.2 Å². The van der Waals surface area contributed by atoms with Crippen LogP contribution in [0, 0.1) is 0 Å². The van der Waals surface area contributed by atoms with Gasteiger partial charge in [-0.25, -0.2) is 0 Å². The van der Waals surface area contributed by atoms with E-state index in [0.717, 1.165) is 36.9 Å². The maximum Gasteiger partial charge on any atom is 0.416 e. The van der Waals surface area contributed by atoms with Crippen LogP contribution >= 0.6 is 0 Å². The van der Waals surface area contributed by atoms with Crippen molar-refractivity contribution in [2.24, 2.45) is 0 Å². The normalized spacial score (nSPS) is 16.8. The third kappa shape index (κ3) is 2.78. The van der Waals surface area contributed by atoms with E-state index in [2.05, 4.69) is 4.98 Å². The molecule has 1 N–H and O–H groups in total. The molecule has 5 heteroatoms. The lowest BCUT2D eigenvalue weighted by atomic mass is 9.93. The fourth-order valence-corrected chi connectivity index (χ4v) is 2.58. The van der Waals surface area contributed by atoms with Crippen LogP contribution in [0.2, 0.25) is 0 Å². The van der Waals surface area contributed by atoms with E-state index >= 15 is 0 Å². The van der Waals surface area contributed by atoms with Gasteiger partial charge in [0.2, 0.25) is 0 Å². The molecule has 2 nitrogen and oxygen atoms in total. The first kappa shape index (κ1) is 14.1. The Hall–Kier alpha value is -1.88. The number of hydrogen-bond donors (Lipinski definition) is 1. The Morgan fingerprint density at radius 3 is 2.48 bits per heavy atom. The minimum Gasteiger partial charge on any atom is -0.384 e. The molecule has 1 aliphatic rings. The number of aliphatic hydroxyl groups excluding tert-OH is 1. The Kier molecular flexibility index (Phi) is 3.45. The lowest BCUT2D eigenvalue weighted by Crippen LogP contribution is -2.14. The molecule has 1 unspecified atom stereocenters. The zero-order valence-electron chi connectivity index (χ0n) is 11.1. The van der Waals surface area contributed by atoms with Crippen molar-refractivity contribution in [3.8, 4) is 0 Å². The zero-order valence-corrected chi connectivity index (χ0v) is 11.1. The highest BCUT2D eigenvalue weighted by molar-refractivity contribution is 5.41. The summed E-state index contributed by atoms with van der Waals surface area (Å²) >= 11 is 0. The lowest BCUT2D eigenvalue weighted by molar-refractivity contribution is -0.139. The molecular formula is C16H14F3NO. The molecule has 1 aliphatic carbocycles. The summed E-state index contributed by atoms with van der Waals surface area (Å²) in [5.74, 6) is 0.349. The van der Waals surface area contributed by atoms with Crippen LogP contribution < -0.4 is 0 Å². The minimum atomic E-state index is -4.51. The monoisotopic (exact) mass is 293 g/mol. The standard InChI is InChI=1S/C16H14F3NO/c17-16(18,19)14-7-8-20-9-13(14)15(21)12-4-2-1-3-11(12)10-5-6-10/h1-4,7-10,15,21H,5-6H2. The van der Waals surface area contributed by atoms with Crippen LogP contribution in [0.4, 0.5) is 13.2 Å². The zero-order chi connectivity index (χ0) is 15.0. The van der Waals surface area contributed by atoms with Gasteiger partial charge in [0.15, 0.2) is 0 Å². The van der Waals surface area contributed by atoms with E-state index in [0.29, 0.717) is 11.5 Å². The summed E-state index contributed by atoms with van der Waals surface area (Å²) < 4.78 is 39.2. The molecule has 1 heterocycles. The molecule has 1 atom stereocenters. The molecule has 0 saturated heterocycles. The number of aliphatic hydroxyl groups is 1. The van der Waals surface area contributed by atoms with Gasteiger partial charge in [0.25, 0.3) is 0 Å². The predicted octanol–water partition coefficient (Wildman–Crippen LogP) is 4.06. The van der Waals surface area contributed by atoms with Crippen LogP contribution in [0.25, 0.3) is 0 Å². The van der Waals surface area contributed by atoms with Crippen molar-refractivity contribution in [1.29, 1.82) is 0 Å². The summed E-state index contributed by atoms with van der Waals surface area (Å²) in [6.07, 6.45) is -1.60. The van der Waals surface area contributed by atoms with E-state index in [1.165, 1.54) is 0 Å². The van der Waals surface area contributed by atoms with Crippen molar-refractivity contribution < 1.29 is 18.3 Å². The van der Waals surface area contributed by atoms with E-state index < -0.39 is 17.8 Å². The molecule has 0 bridgehead atoms. The third-order valence-corrected chi connectivity index (χ3v) is 3.76. The molecule has 0 amide bonds. The second kappa shape index (κ2) is 5.15. The van der Waals surface area contributed by atoms with E-state index in [4.69, 9.17) is 0 Å². The Bertz CT molecular complexity index is 650. The van der Waals surface area contributed by atoms with Crippen LogP contribution in [-0.2, 0) is 6.18 Å². The van der Waals surface area contributed by atoms with Gasteiger partial charge in [0.05, 0.1) is 5.56 Å². The number of hydrogen-bond acceptors (Lipinski definition) is 2. The molecule has 3 rings (SSSR count). The Labute approximate surface area is 120 Å². The summed E-state index contributed by atoms with van der Waals surface area (Å²) in [4.78, 5) is 3.74. The van der Waals surface area contributed by atoms with Crippen molar-refractivity contribution in [2.75, 3.05) is 0 Å². The summed E-state index contributed by atoms with van der Waals surface area (Å²) in [5.41, 5.74) is 0.439. The molecule has 1 saturated carbocycles. The first-order chi connectivity index (χ1) is 9.98. The average molecular weight is 293 g/mol. The van der Waals surface area contributed by atoms with Crippen molar-refractivity contribution in [2.45, 2.75) is 31.0 Å². The van der Waals surface area contributed by atoms with Crippen LogP contribution in [-0.4, -0.2) is 10.1 Å². The number of halogens is 3. The molecule has 0 spiro atoms. The highest BCUT2D eigenvalue weighted by Gasteiger charge is 2.36. The highest BCUT2D eigenvalue weighted by Crippen LogP contribution is 2.44. The van der Waals surface area contributed by atoms with Crippen molar-refractivity contribution in [3.63, 3.8) is 0 Å². The van der Waals surface area contributed by atoms with Gasteiger partial charge in [-0.1, -0.05) is 24.3 Å². The second-order valence-electron chi connectivity index (χ2n) is 5.27. The van der Waals surface area contributed by atoms with Crippen molar-refractivity contribution >= 4 is 0 Å². The number of alkyl halides is 3. The summed E-state index contributed by atoms with van der Waals surface area (Å²) in [6, 6.07) is 8.04. The van der Waals surface area contributed by atoms with Gasteiger partial charge >= 0.3 is 6.18 Å². The summed E-state index contributed by atoms with van der Waals surface area (Å²) in [6.45, 7) is 0. The molecular weight excluding hydrogens is 279 g/mol. The number of rotatable bonds is 3. The van der Waals surface area contributed by atoms with E-state index in [1.807, 2.05) is 12.1 Å². The fourth-order valence-electron chi connectivity index (χ4n) is 2.58. The number of pyridine rings is 1. The quantitative estimate of drug-likeness (QED) is 0.925. The van der Waals surface area contributed by atoms with Gasteiger partial charge in [0.1, 0.15) is 6.10 Å². The average Bonchev–Trinajstić information content (AvgIpc) is 3.30. The van der Waals surface area contributed by atoms with Crippen LogP contribution in [0.15, 0.2) is 42.7 Å². The van der Waals surface area contributed by atoms with Crippen LogP contribution in [0.3, 0.4) is 0 Å². The number of nitrogens with zero attached hydrogens (tertiary/aromatic N) is 1. The lowest BCUT2D eigenvalue weighted by Gasteiger charge is -2.19. The van der Waals surface area contributed by atoms with Gasteiger partial charge in [0, 0.05) is 18.0 Å². The predicted molar refractivity (Wildman–Crippen MR) is 71.7 cm³/mol. The van der Waals surface area contributed by atoms with E-state index in [9.17, 15) is 18.3 Å². The van der Waals surface area contributed by atoms with E-state index in [-0.39, 0.29) is 5.56 Å². The van der Waals surface area contributed by atoms with Crippen LogP contribution in [0.5, 0.6) is 0 Å². The molecule has 1 aromatic carbocycles. The van der Waals surface area contributed by atoms with Crippen molar-refractivity contribution in [1.82, 2.24) is 4.98 Å². The van der Waals surface area contributed by atoms with Gasteiger partial charge < -0.3 is 5.11 Å². The highest BCUT2D eigenvalue weighted by atomic mass is 19.4. The first-order valence-electron chi connectivity index (χ1n) is 6.76. The molecule has 2 aromatic rings. The van der Waals surface area contributed by atoms with Crippen molar-refractivity contribution in [3.05, 3.63) is 65.0 Å². The maximum atomic E-state index is 13.1. The number of aromatic nitrogens is 1. The Morgan fingerprint density at radius 2 is 1.81 bits per heavy atom. The van der Waals surface area contributed by atoms with Gasteiger partial charge in [-0.3, -0.25) is 4.98 Å².